The number of ether oxygens (including phenoxy) is 7. The van der Waals surface area contributed by atoms with E-state index in [-0.39, 0.29) is 22.3 Å². The molecule has 2 fully saturated rings. The third-order valence-corrected chi connectivity index (χ3v) is 13.0. The number of hydrogen-bond acceptors (Lipinski definition) is 11. The van der Waals surface area contributed by atoms with E-state index in [2.05, 4.69) is 47.8 Å². The van der Waals surface area contributed by atoms with E-state index in [1.807, 2.05) is 31.2 Å². The zero-order valence-corrected chi connectivity index (χ0v) is 40.1. The van der Waals surface area contributed by atoms with Crippen molar-refractivity contribution in [2.24, 2.45) is 0 Å². The van der Waals surface area contributed by atoms with Crippen LogP contribution in [0.2, 0.25) is 5.02 Å². The molecule has 11 nitrogen and oxygen atoms in total. The van der Waals surface area contributed by atoms with Gasteiger partial charge in [0.1, 0.15) is 12.4 Å². The number of fused-ring (bicyclic) bond motifs is 2. The maximum absolute atomic E-state index is 14.4. The van der Waals surface area contributed by atoms with Crippen LogP contribution >= 0.6 is 59.4 Å². The fraction of sp³-hybridized carbons (Fsp3) is 0.200. The van der Waals surface area contributed by atoms with Gasteiger partial charge in [-0.3, -0.25) is 0 Å². The molecule has 65 heavy (non-hydrogen) atoms. The summed E-state index contributed by atoms with van der Waals surface area (Å²) in [6.45, 7) is 0.899. The van der Waals surface area contributed by atoms with E-state index in [0.717, 1.165) is 15.6 Å². The van der Waals surface area contributed by atoms with Crippen LogP contribution in [-0.2, 0) is 40.6 Å². The molecule has 2 saturated heterocycles. The Morgan fingerprint density at radius 2 is 1.12 bits per heavy atom. The van der Waals surface area contributed by atoms with Crippen LogP contribution in [0.4, 0.5) is 0 Å². The number of halogens is 4. The Kier molecular flexibility index (Phi) is 13.9. The van der Waals surface area contributed by atoms with Gasteiger partial charge in [0.15, 0.2) is 17.8 Å². The van der Waals surface area contributed by atoms with E-state index < -0.39 is 66.8 Å². The van der Waals surface area contributed by atoms with Gasteiger partial charge in [0, 0.05) is 24.0 Å². The number of carbonyl (C=O) groups is 4. The highest BCUT2D eigenvalue weighted by atomic mass is 79.9. The molecular formula is C50H38Br3ClO11. The van der Waals surface area contributed by atoms with Crippen LogP contribution < -0.4 is 4.74 Å². The number of aryl methyl sites for hydroxylation is 1. The minimum Gasteiger partial charge on any atom is -0.497 e. The largest absolute Gasteiger partial charge is 0.497 e. The van der Waals surface area contributed by atoms with Gasteiger partial charge in [0.2, 0.25) is 11.9 Å². The first kappa shape index (κ1) is 46.2. The standard InChI is InChI=1S/C50H38Br3ClO11/c1-29-3-7-32(8-4-29)46(56)62-42-43(63-47(57)33-11-18-38(52)19-12-33)49(27-60-45(55)31-9-16-37(51)17-10-31)28-61-50(65-49,44(42)64-48(58)34-13-20-39(53)21-14-34)36-15-24-41(54)35(26-36)25-30-5-22-40(59-2)23-6-30/h3-24,26,42-44H,25,27-28H2,1-2H3/t42-,43-,44-,49-,50-/m0/s1. The van der Waals surface area contributed by atoms with E-state index in [9.17, 15) is 19.2 Å². The molecule has 0 amide bonds. The first-order valence-corrected chi connectivity index (χ1v) is 22.9. The Morgan fingerprint density at radius 3 is 1.66 bits per heavy atom. The van der Waals surface area contributed by atoms with Gasteiger partial charge in [-0.25, -0.2) is 19.2 Å². The van der Waals surface area contributed by atoms with Gasteiger partial charge in [-0.2, -0.15) is 0 Å². The Bertz CT molecular complexity index is 2720. The van der Waals surface area contributed by atoms with E-state index in [1.54, 1.807) is 122 Å². The van der Waals surface area contributed by atoms with Gasteiger partial charge >= 0.3 is 23.9 Å². The number of esters is 4. The molecule has 0 unspecified atom stereocenters. The summed E-state index contributed by atoms with van der Waals surface area (Å²) in [5, 5.41) is 0.413. The number of benzene rings is 6. The third kappa shape index (κ3) is 10.1. The van der Waals surface area contributed by atoms with Crippen molar-refractivity contribution in [3.63, 3.8) is 0 Å². The number of carbonyl (C=O) groups excluding carboxylic acids is 4. The Hall–Kier alpha value is -5.35. The van der Waals surface area contributed by atoms with E-state index in [0.29, 0.717) is 37.3 Å². The van der Waals surface area contributed by atoms with Crippen molar-refractivity contribution >= 4 is 83.3 Å². The number of rotatable bonds is 13. The summed E-state index contributed by atoms with van der Waals surface area (Å²) in [7, 11) is 1.58. The fourth-order valence-corrected chi connectivity index (χ4v) is 8.59. The predicted octanol–water partition coefficient (Wildman–Crippen LogP) is 11.0. The lowest BCUT2D eigenvalue weighted by molar-refractivity contribution is -0.326. The summed E-state index contributed by atoms with van der Waals surface area (Å²) >= 11 is 17.1. The van der Waals surface area contributed by atoms with Gasteiger partial charge in [0.25, 0.3) is 0 Å². The second-order valence-corrected chi connectivity index (χ2v) is 18.6. The number of hydrogen-bond donors (Lipinski definition) is 0. The molecule has 5 atom stereocenters. The van der Waals surface area contributed by atoms with Crippen molar-refractivity contribution in [1.29, 1.82) is 0 Å². The SMILES string of the molecule is COc1ccc(Cc2cc([C@]34OC[C@](COC(=O)c5ccc(Br)cc5)(O3)[C@@H](OC(=O)c3ccc(Br)cc3)[C@H](OC(=O)c3ccc(C)cc3)[C@@H]4OC(=O)c3ccc(Br)cc3)ccc2Cl)cc1. The molecule has 2 heterocycles. The smallest absolute Gasteiger partial charge is 0.338 e. The molecule has 0 aromatic heterocycles. The van der Waals surface area contributed by atoms with E-state index in [1.165, 1.54) is 0 Å². The summed E-state index contributed by atoms with van der Waals surface area (Å²) < 4.78 is 46.6. The molecule has 2 aliphatic heterocycles. The molecule has 0 N–H and O–H groups in total. The number of methoxy groups -OCH3 is 1. The van der Waals surface area contributed by atoms with Crippen molar-refractivity contribution in [2.45, 2.75) is 43.0 Å². The Balaban J connectivity index is 1.29. The minimum atomic E-state index is -2.09. The summed E-state index contributed by atoms with van der Waals surface area (Å²) in [4.78, 5) is 56.8. The molecule has 0 radical (unpaired) electrons. The second-order valence-electron chi connectivity index (χ2n) is 15.4. The van der Waals surface area contributed by atoms with Gasteiger partial charge in [-0.1, -0.05) is 95.3 Å². The maximum Gasteiger partial charge on any atom is 0.338 e. The van der Waals surface area contributed by atoms with Crippen molar-refractivity contribution < 1.29 is 52.3 Å². The van der Waals surface area contributed by atoms with Crippen LogP contribution in [0.3, 0.4) is 0 Å². The lowest BCUT2D eigenvalue weighted by Gasteiger charge is -2.49. The van der Waals surface area contributed by atoms with E-state index >= 15 is 0 Å². The molecule has 0 saturated carbocycles. The molecule has 6 aromatic rings. The molecule has 6 aromatic carbocycles. The lowest BCUT2D eigenvalue weighted by atomic mass is 9.82. The van der Waals surface area contributed by atoms with Crippen molar-refractivity contribution in [3.8, 4) is 5.75 Å². The molecule has 15 heteroatoms. The maximum atomic E-state index is 14.4. The minimum absolute atomic E-state index is 0.138. The predicted molar refractivity (Wildman–Crippen MR) is 250 cm³/mol. The van der Waals surface area contributed by atoms with Gasteiger partial charge < -0.3 is 33.2 Å². The highest BCUT2D eigenvalue weighted by Gasteiger charge is 2.72. The normalized spacial score (nSPS) is 20.9. The molecule has 0 aliphatic carbocycles. The molecule has 2 aliphatic rings. The first-order valence-electron chi connectivity index (χ1n) is 20.2. The summed E-state index contributed by atoms with van der Waals surface area (Å²) in [5.41, 5.74) is 1.52. The fourth-order valence-electron chi connectivity index (χ4n) is 7.61. The van der Waals surface area contributed by atoms with Crippen molar-refractivity contribution in [2.75, 3.05) is 20.3 Å². The van der Waals surface area contributed by atoms with Crippen LogP contribution in [0.15, 0.2) is 153 Å². The quantitative estimate of drug-likeness (QED) is 0.0808. The lowest BCUT2D eigenvalue weighted by Crippen LogP contribution is -2.68. The zero-order chi connectivity index (χ0) is 45.9. The van der Waals surface area contributed by atoms with Crippen LogP contribution in [0.1, 0.15) is 63.7 Å². The van der Waals surface area contributed by atoms with E-state index in [4.69, 9.17) is 44.8 Å². The van der Waals surface area contributed by atoms with Crippen molar-refractivity contribution in [3.05, 3.63) is 202 Å². The summed E-state index contributed by atoms with van der Waals surface area (Å²) in [6, 6.07) is 38.6. The Labute approximate surface area is 404 Å². The zero-order valence-electron chi connectivity index (χ0n) is 34.6. The molecule has 2 bridgehead atoms. The third-order valence-electron chi connectivity index (χ3n) is 11.1. The average molecular weight is 1090 g/mol. The molecule has 332 valence electrons. The van der Waals surface area contributed by atoms with Crippen molar-refractivity contribution in [1.82, 2.24) is 0 Å². The van der Waals surface area contributed by atoms with Crippen LogP contribution in [0.5, 0.6) is 5.75 Å². The highest BCUT2D eigenvalue weighted by molar-refractivity contribution is 9.11. The van der Waals surface area contributed by atoms with Crippen LogP contribution in [0, 0.1) is 6.92 Å². The van der Waals surface area contributed by atoms with Gasteiger partial charge in [-0.15, -0.1) is 0 Å². The van der Waals surface area contributed by atoms with Crippen LogP contribution in [-0.4, -0.2) is 68.1 Å². The van der Waals surface area contributed by atoms with Crippen LogP contribution in [0.25, 0.3) is 0 Å². The van der Waals surface area contributed by atoms with Gasteiger partial charge in [0.05, 0.1) is 36.0 Å². The average Bonchev–Trinajstić information content (AvgIpc) is 3.67. The topological polar surface area (TPSA) is 133 Å². The molecule has 0 spiro atoms. The second kappa shape index (κ2) is 19.6. The first-order chi connectivity index (χ1) is 31.3. The monoisotopic (exact) mass is 1090 g/mol. The molecule has 8 rings (SSSR count). The van der Waals surface area contributed by atoms with Gasteiger partial charge in [-0.05, 0) is 134 Å². The highest BCUT2D eigenvalue weighted by Crippen LogP contribution is 2.53. The molecular weight excluding hydrogens is 1050 g/mol. The Morgan fingerprint density at radius 1 is 0.631 bits per heavy atom. The summed E-state index contributed by atoms with van der Waals surface area (Å²) in [5.74, 6) is -4.65. The summed E-state index contributed by atoms with van der Waals surface area (Å²) in [6.07, 6.45) is -4.62.